The number of aromatic nitrogens is 2. The van der Waals surface area contributed by atoms with Crippen LogP contribution in [0.5, 0.6) is 0 Å². The average molecular weight is 324 g/mol. The topological polar surface area (TPSA) is 41.1 Å². The molecule has 0 radical (unpaired) electrons. The van der Waals surface area contributed by atoms with Gasteiger partial charge in [-0.15, -0.1) is 11.3 Å². The van der Waals surface area contributed by atoms with Gasteiger partial charge in [-0.25, -0.2) is 4.98 Å². The van der Waals surface area contributed by atoms with Crippen molar-refractivity contribution in [2.24, 2.45) is 0 Å². The molecule has 2 fully saturated rings. The van der Waals surface area contributed by atoms with Gasteiger partial charge in [0.2, 0.25) is 0 Å². The summed E-state index contributed by atoms with van der Waals surface area (Å²) >= 11 is 7.59. The number of aromatic amines is 1. The molecule has 2 aromatic heterocycles. The lowest BCUT2D eigenvalue weighted by Crippen LogP contribution is -2.48. The molecule has 1 saturated carbocycles. The maximum Gasteiger partial charge on any atom is 0.126 e. The first-order valence-electron chi connectivity index (χ1n) is 7.45. The minimum absolute atomic E-state index is 0.258. The molecule has 3 heterocycles. The summed E-state index contributed by atoms with van der Waals surface area (Å²) in [5, 5.41) is 0. The fourth-order valence-corrected chi connectivity index (χ4v) is 4.11. The number of halogens is 1. The van der Waals surface area contributed by atoms with Crippen LogP contribution in [0.4, 0.5) is 0 Å². The number of hydrogen-bond donors (Lipinski definition) is 1. The van der Waals surface area contributed by atoms with E-state index in [1.807, 2.05) is 18.3 Å². The van der Waals surface area contributed by atoms with Crippen molar-refractivity contribution in [1.82, 2.24) is 14.9 Å². The van der Waals surface area contributed by atoms with Crippen molar-refractivity contribution < 1.29 is 4.74 Å². The number of nitrogens with one attached hydrogen (secondary N) is 1. The molecule has 2 aliphatic rings. The summed E-state index contributed by atoms with van der Waals surface area (Å²) in [5.74, 6) is 1.01. The lowest BCUT2D eigenvalue weighted by Gasteiger charge is -2.44. The summed E-state index contributed by atoms with van der Waals surface area (Å²) in [4.78, 5) is 11.8. The lowest BCUT2D eigenvalue weighted by atomic mass is 9.90. The first kappa shape index (κ1) is 13.8. The molecule has 1 aliphatic heterocycles. The molecule has 1 saturated heterocycles. The van der Waals surface area contributed by atoms with Crippen molar-refractivity contribution in [3.8, 4) is 10.6 Å². The highest BCUT2D eigenvalue weighted by Crippen LogP contribution is 2.35. The van der Waals surface area contributed by atoms with Crippen LogP contribution in [0.25, 0.3) is 10.6 Å². The monoisotopic (exact) mass is 323 g/mol. The van der Waals surface area contributed by atoms with E-state index in [1.165, 1.54) is 19.3 Å². The number of morpholine rings is 1. The largest absolute Gasteiger partial charge is 0.378 e. The molecule has 0 bridgehead atoms. The van der Waals surface area contributed by atoms with Gasteiger partial charge >= 0.3 is 0 Å². The fourth-order valence-electron chi connectivity index (χ4n) is 3.10. The zero-order valence-corrected chi connectivity index (χ0v) is 13.3. The van der Waals surface area contributed by atoms with E-state index in [1.54, 1.807) is 11.3 Å². The molecule has 1 unspecified atom stereocenters. The van der Waals surface area contributed by atoms with E-state index in [0.29, 0.717) is 6.04 Å². The summed E-state index contributed by atoms with van der Waals surface area (Å²) in [6.07, 6.45) is 5.88. The van der Waals surface area contributed by atoms with E-state index < -0.39 is 0 Å². The van der Waals surface area contributed by atoms with Crippen LogP contribution in [-0.4, -0.2) is 40.7 Å². The minimum Gasteiger partial charge on any atom is -0.378 e. The van der Waals surface area contributed by atoms with E-state index in [-0.39, 0.29) is 6.04 Å². The summed E-state index contributed by atoms with van der Waals surface area (Å²) in [6, 6.07) is 4.93. The number of imidazole rings is 1. The Balaban J connectivity index is 1.58. The maximum atomic E-state index is 6.01. The number of hydrogen-bond acceptors (Lipinski definition) is 4. The van der Waals surface area contributed by atoms with Crippen LogP contribution >= 0.6 is 22.9 Å². The van der Waals surface area contributed by atoms with E-state index in [4.69, 9.17) is 16.3 Å². The molecular formula is C15H18ClN3OS. The SMILES string of the molecule is Clc1ccc(-c2cnc(C3COCCN3C3CCC3)[nH]2)s1. The predicted octanol–water partition coefficient (Wildman–Crippen LogP) is 3.72. The molecule has 0 spiro atoms. The van der Waals surface area contributed by atoms with Gasteiger partial charge in [0.1, 0.15) is 5.82 Å². The van der Waals surface area contributed by atoms with Crippen molar-refractivity contribution in [2.45, 2.75) is 31.3 Å². The van der Waals surface area contributed by atoms with Crippen LogP contribution in [0, 0.1) is 0 Å². The molecule has 0 aromatic carbocycles. The number of rotatable bonds is 3. The van der Waals surface area contributed by atoms with Crippen LogP contribution in [0.1, 0.15) is 31.1 Å². The van der Waals surface area contributed by atoms with Crippen molar-refractivity contribution in [2.75, 3.05) is 19.8 Å². The molecule has 21 heavy (non-hydrogen) atoms. The third-order valence-electron chi connectivity index (χ3n) is 4.46. The van der Waals surface area contributed by atoms with Gasteiger partial charge in [0.05, 0.1) is 40.4 Å². The Morgan fingerprint density at radius 3 is 3.00 bits per heavy atom. The van der Waals surface area contributed by atoms with Crippen LogP contribution < -0.4 is 0 Å². The van der Waals surface area contributed by atoms with Crippen molar-refractivity contribution in [1.29, 1.82) is 0 Å². The van der Waals surface area contributed by atoms with Gasteiger partial charge in [0.15, 0.2) is 0 Å². The minimum atomic E-state index is 0.258. The Labute approximate surface area is 133 Å². The van der Waals surface area contributed by atoms with Crippen LogP contribution in [-0.2, 0) is 4.74 Å². The molecule has 1 N–H and O–H groups in total. The average Bonchev–Trinajstić information content (AvgIpc) is 3.06. The summed E-state index contributed by atoms with van der Waals surface area (Å²) in [7, 11) is 0. The van der Waals surface area contributed by atoms with Crippen LogP contribution in [0.3, 0.4) is 0 Å². The molecular weight excluding hydrogens is 306 g/mol. The zero-order valence-electron chi connectivity index (χ0n) is 11.7. The number of ether oxygens (including phenoxy) is 1. The second-order valence-corrected chi connectivity index (χ2v) is 7.41. The van der Waals surface area contributed by atoms with Gasteiger partial charge in [-0.05, 0) is 25.0 Å². The van der Waals surface area contributed by atoms with Crippen LogP contribution in [0.15, 0.2) is 18.3 Å². The Bertz CT molecular complexity index is 622. The highest BCUT2D eigenvalue weighted by Gasteiger charge is 2.35. The molecule has 6 heteroatoms. The zero-order chi connectivity index (χ0) is 14.2. The highest BCUT2D eigenvalue weighted by atomic mass is 35.5. The fraction of sp³-hybridized carbons (Fsp3) is 0.533. The third kappa shape index (κ3) is 2.63. The first-order chi connectivity index (χ1) is 10.3. The number of nitrogens with zero attached hydrogens (tertiary/aromatic N) is 2. The standard InChI is InChI=1S/C15H18ClN3OS/c16-14-5-4-13(21-14)11-8-17-15(18-11)12-9-20-7-6-19(12)10-2-1-3-10/h4-5,8,10,12H,1-3,6-7,9H2,(H,17,18). The van der Waals surface area contributed by atoms with Gasteiger partial charge < -0.3 is 9.72 Å². The maximum absolute atomic E-state index is 6.01. The van der Waals surface area contributed by atoms with Gasteiger partial charge in [0, 0.05) is 12.6 Å². The summed E-state index contributed by atoms with van der Waals surface area (Å²) < 4.78 is 6.49. The van der Waals surface area contributed by atoms with Crippen LogP contribution in [0.2, 0.25) is 4.34 Å². The normalized spacial score (nSPS) is 24.1. The molecule has 1 aliphatic carbocycles. The molecule has 112 valence electrons. The van der Waals surface area contributed by atoms with Gasteiger partial charge in [0.25, 0.3) is 0 Å². The van der Waals surface area contributed by atoms with E-state index >= 15 is 0 Å². The Morgan fingerprint density at radius 2 is 2.29 bits per heavy atom. The molecule has 4 rings (SSSR count). The Hall–Kier alpha value is -0.880. The lowest BCUT2D eigenvalue weighted by molar-refractivity contribution is -0.0494. The van der Waals surface area contributed by atoms with E-state index in [2.05, 4.69) is 14.9 Å². The van der Waals surface area contributed by atoms with Crippen molar-refractivity contribution in [3.63, 3.8) is 0 Å². The Morgan fingerprint density at radius 1 is 1.38 bits per heavy atom. The van der Waals surface area contributed by atoms with Gasteiger partial charge in [-0.1, -0.05) is 18.0 Å². The van der Waals surface area contributed by atoms with Gasteiger partial charge in [-0.2, -0.15) is 0 Å². The second-order valence-electron chi connectivity index (χ2n) is 5.70. The van der Waals surface area contributed by atoms with Gasteiger partial charge in [-0.3, -0.25) is 4.90 Å². The summed E-state index contributed by atoms with van der Waals surface area (Å²) in [5.41, 5.74) is 1.04. The highest BCUT2D eigenvalue weighted by molar-refractivity contribution is 7.19. The number of H-pyrrole nitrogens is 1. The smallest absolute Gasteiger partial charge is 0.126 e. The first-order valence-corrected chi connectivity index (χ1v) is 8.65. The van der Waals surface area contributed by atoms with E-state index in [9.17, 15) is 0 Å². The molecule has 0 amide bonds. The predicted molar refractivity (Wildman–Crippen MR) is 84.8 cm³/mol. The Kier molecular flexibility index (Phi) is 3.75. The second kappa shape index (κ2) is 5.72. The summed E-state index contributed by atoms with van der Waals surface area (Å²) in [6.45, 7) is 2.58. The molecule has 2 aromatic rings. The number of thiophene rings is 1. The third-order valence-corrected chi connectivity index (χ3v) is 5.73. The molecule has 4 nitrogen and oxygen atoms in total. The molecule has 1 atom stereocenters. The quantitative estimate of drug-likeness (QED) is 0.936. The van der Waals surface area contributed by atoms with Crippen molar-refractivity contribution >= 4 is 22.9 Å². The van der Waals surface area contributed by atoms with E-state index in [0.717, 1.165) is 40.5 Å². The van der Waals surface area contributed by atoms with Crippen molar-refractivity contribution in [3.05, 3.63) is 28.5 Å².